The van der Waals surface area contributed by atoms with Gasteiger partial charge in [-0.25, -0.2) is 4.79 Å². The summed E-state index contributed by atoms with van der Waals surface area (Å²) in [5.41, 5.74) is 3.66. The molecule has 1 aliphatic rings. The van der Waals surface area contributed by atoms with Gasteiger partial charge in [0.15, 0.2) is 5.78 Å². The lowest BCUT2D eigenvalue weighted by Crippen LogP contribution is -2.41. The minimum absolute atomic E-state index is 0.0829. The fourth-order valence-electron chi connectivity index (χ4n) is 5.17. The van der Waals surface area contributed by atoms with Crippen molar-refractivity contribution in [2.45, 2.75) is 67.0 Å². The van der Waals surface area contributed by atoms with Gasteiger partial charge in [0, 0.05) is 5.56 Å². The first-order valence-electron chi connectivity index (χ1n) is 12.0. The molecule has 0 radical (unpaired) electrons. The average Bonchev–Trinajstić information content (AvgIpc) is 2.96. The maximum absolute atomic E-state index is 14.2. The number of hydrogen-bond acceptors (Lipinski definition) is 3. The number of ether oxygens (including phenoxy) is 1. The third kappa shape index (κ3) is 4.68. The minimum atomic E-state index is -2.11. The number of rotatable bonds is 6. The van der Waals surface area contributed by atoms with Crippen LogP contribution in [0.15, 0.2) is 70.3 Å². The van der Waals surface area contributed by atoms with Crippen molar-refractivity contribution >= 4 is 27.9 Å². The third-order valence-electron chi connectivity index (χ3n) is 6.83. The smallest absolute Gasteiger partial charge is 0.343 e. The highest BCUT2D eigenvalue weighted by atomic mass is 28.3. The van der Waals surface area contributed by atoms with Crippen molar-refractivity contribution < 1.29 is 14.3 Å². The predicted molar refractivity (Wildman–Crippen MR) is 147 cm³/mol. The van der Waals surface area contributed by atoms with Crippen LogP contribution in [0.5, 0.6) is 0 Å². The maximum Gasteiger partial charge on any atom is 0.343 e. The van der Waals surface area contributed by atoms with Gasteiger partial charge in [-0.15, -0.1) is 0 Å². The summed E-state index contributed by atoms with van der Waals surface area (Å²) in [4.78, 5) is 27.5. The van der Waals surface area contributed by atoms with Gasteiger partial charge in [0.1, 0.15) is 5.76 Å². The van der Waals surface area contributed by atoms with E-state index in [1.54, 1.807) is 0 Å². The van der Waals surface area contributed by atoms with Crippen molar-refractivity contribution in [2.24, 2.45) is 5.41 Å². The molecule has 0 aliphatic heterocycles. The van der Waals surface area contributed by atoms with E-state index in [4.69, 9.17) is 4.74 Å². The molecular weight excluding hydrogens is 452 g/mol. The van der Waals surface area contributed by atoms with Crippen LogP contribution in [-0.4, -0.2) is 27.9 Å². The molecule has 34 heavy (non-hydrogen) atoms. The normalized spacial score (nSPS) is 19.0. The monoisotopic (exact) mass is 490 g/mol. The molecule has 0 amide bonds. The van der Waals surface area contributed by atoms with Gasteiger partial charge < -0.3 is 4.74 Å². The van der Waals surface area contributed by atoms with Gasteiger partial charge >= 0.3 is 5.97 Å². The van der Waals surface area contributed by atoms with Crippen LogP contribution in [0.25, 0.3) is 0 Å². The zero-order valence-corrected chi connectivity index (χ0v) is 24.3. The molecule has 0 aromatic heterocycles. The van der Waals surface area contributed by atoms with E-state index in [9.17, 15) is 9.59 Å². The molecule has 3 nitrogen and oxygen atoms in total. The quantitative estimate of drug-likeness (QED) is 0.237. The number of allylic oxidation sites excluding steroid dienone is 3. The molecule has 1 aliphatic carbocycles. The van der Waals surface area contributed by atoms with E-state index in [2.05, 4.69) is 46.2 Å². The molecule has 2 aromatic rings. The molecule has 3 rings (SSSR count). The highest BCUT2D eigenvalue weighted by molar-refractivity contribution is 6.87. The van der Waals surface area contributed by atoms with E-state index in [0.717, 1.165) is 27.1 Å². The second-order valence-corrected chi connectivity index (χ2v) is 21.8. The number of hydrogen-bond donors (Lipinski definition) is 0. The van der Waals surface area contributed by atoms with Crippen molar-refractivity contribution in [2.75, 3.05) is 0 Å². The van der Waals surface area contributed by atoms with Gasteiger partial charge in [-0.1, -0.05) is 92.4 Å². The predicted octanol–water partition coefficient (Wildman–Crippen LogP) is 7.69. The summed E-state index contributed by atoms with van der Waals surface area (Å²) in [7, 11) is -4.08. The van der Waals surface area contributed by atoms with E-state index in [-0.39, 0.29) is 11.8 Å². The first-order valence-corrected chi connectivity index (χ1v) is 19.0. The van der Waals surface area contributed by atoms with Gasteiger partial charge in [0.2, 0.25) is 0 Å². The van der Waals surface area contributed by atoms with Crippen molar-refractivity contribution in [1.82, 2.24) is 0 Å². The molecule has 0 bridgehead atoms. The summed E-state index contributed by atoms with van der Waals surface area (Å²) in [6.07, 6.45) is 0. The van der Waals surface area contributed by atoms with Crippen molar-refractivity contribution in [3.05, 3.63) is 92.5 Å². The number of carbonyl (C=O) groups excluding carboxylic acids is 2. The SMILES string of the molecule is CC1=C([Si](C)(C)C)C(OC(=O)c2ccc(C)cc2)=C([Si](C)(C)C)C1(C)C(=O)c1ccc(C)cc1. The number of aryl methyl sites for hydroxylation is 2. The Morgan fingerprint density at radius 3 is 1.56 bits per heavy atom. The lowest BCUT2D eigenvalue weighted by atomic mass is 9.78. The summed E-state index contributed by atoms with van der Waals surface area (Å²) in [5, 5.41) is 2.13. The van der Waals surface area contributed by atoms with Crippen LogP contribution in [-0.2, 0) is 4.74 Å². The fraction of sp³-hybridized carbons (Fsp3) is 0.379. The summed E-state index contributed by atoms with van der Waals surface area (Å²) >= 11 is 0. The maximum atomic E-state index is 14.2. The van der Waals surface area contributed by atoms with Gasteiger partial charge in [-0.2, -0.15) is 0 Å². The van der Waals surface area contributed by atoms with Crippen molar-refractivity contribution in [3.63, 3.8) is 0 Å². The van der Waals surface area contributed by atoms with Crippen LogP contribution in [0.3, 0.4) is 0 Å². The largest absolute Gasteiger partial charge is 0.423 e. The molecule has 0 heterocycles. The van der Waals surface area contributed by atoms with Crippen LogP contribution in [0.4, 0.5) is 0 Å². The zero-order valence-electron chi connectivity index (χ0n) is 22.3. The van der Waals surface area contributed by atoms with Crippen LogP contribution < -0.4 is 0 Å². The Hall–Kier alpha value is -2.51. The number of esters is 1. The average molecular weight is 491 g/mol. The summed E-state index contributed by atoms with van der Waals surface area (Å²) in [6, 6.07) is 15.3. The van der Waals surface area contributed by atoms with E-state index in [1.165, 1.54) is 0 Å². The molecule has 0 saturated carbocycles. The van der Waals surface area contributed by atoms with Crippen LogP contribution in [0.1, 0.15) is 45.7 Å². The minimum Gasteiger partial charge on any atom is -0.423 e. The molecule has 5 heteroatoms. The lowest BCUT2D eigenvalue weighted by molar-refractivity contribution is 0.0630. The Labute approximate surface area is 207 Å². The molecule has 180 valence electrons. The summed E-state index contributed by atoms with van der Waals surface area (Å²) < 4.78 is 6.29. The van der Waals surface area contributed by atoms with E-state index >= 15 is 0 Å². The van der Waals surface area contributed by atoms with Crippen molar-refractivity contribution in [3.8, 4) is 0 Å². The Morgan fingerprint density at radius 1 is 0.706 bits per heavy atom. The van der Waals surface area contributed by atoms with Gasteiger partial charge in [-0.05, 0) is 50.2 Å². The van der Waals surface area contributed by atoms with Gasteiger partial charge in [0.25, 0.3) is 0 Å². The van der Waals surface area contributed by atoms with E-state index in [0.29, 0.717) is 16.9 Å². The molecule has 1 unspecified atom stereocenters. The molecule has 0 N–H and O–H groups in total. The Bertz CT molecular complexity index is 1190. The van der Waals surface area contributed by atoms with E-state index < -0.39 is 21.6 Å². The molecule has 0 fully saturated rings. The Balaban J connectivity index is 2.26. The number of Topliss-reactive ketones (excluding diaryl/α,β-unsaturated/α-hetero) is 1. The zero-order chi connectivity index (χ0) is 25.6. The lowest BCUT2D eigenvalue weighted by Gasteiger charge is -2.35. The van der Waals surface area contributed by atoms with E-state index in [1.807, 2.05) is 69.3 Å². The number of benzene rings is 2. The van der Waals surface area contributed by atoms with Crippen LogP contribution in [0, 0.1) is 19.3 Å². The fourth-order valence-corrected chi connectivity index (χ4v) is 10.2. The summed E-state index contributed by atoms with van der Waals surface area (Å²) in [6.45, 7) is 21.6. The first kappa shape index (κ1) is 26.1. The second kappa shape index (κ2) is 8.93. The third-order valence-corrected chi connectivity index (χ3v) is 11.2. The molecule has 1 atom stereocenters. The Kier molecular flexibility index (Phi) is 6.86. The van der Waals surface area contributed by atoms with Gasteiger partial charge in [-0.3, -0.25) is 4.79 Å². The number of carbonyl (C=O) groups is 2. The molecule has 2 aromatic carbocycles. The molecular formula is C29H38O3Si2. The standard InChI is InChI=1S/C29H38O3Si2/c1-19-11-15-22(16-12-19)26(30)29(4)21(3)25(33(5,6)7)24(27(29)34(8,9)10)32-28(31)23-17-13-20(2)14-18-23/h11-18H,1-10H3. The first-order chi connectivity index (χ1) is 15.6. The van der Waals surface area contributed by atoms with Crippen molar-refractivity contribution in [1.29, 1.82) is 0 Å². The topological polar surface area (TPSA) is 43.4 Å². The second-order valence-electron chi connectivity index (χ2n) is 11.8. The van der Waals surface area contributed by atoms with Gasteiger partial charge in [0.05, 0.1) is 27.1 Å². The highest BCUT2D eigenvalue weighted by Crippen LogP contribution is 2.54. The Morgan fingerprint density at radius 2 is 1.15 bits per heavy atom. The highest BCUT2D eigenvalue weighted by Gasteiger charge is 2.54. The summed E-state index contributed by atoms with van der Waals surface area (Å²) in [5.74, 6) is 0.394. The number of ketones is 1. The molecule has 0 saturated heterocycles. The van der Waals surface area contributed by atoms with Crippen LogP contribution in [0.2, 0.25) is 39.3 Å². The van der Waals surface area contributed by atoms with Crippen LogP contribution >= 0.6 is 0 Å². The molecule has 0 spiro atoms.